The molecule has 80 valence electrons. The van der Waals surface area contributed by atoms with Gasteiger partial charge in [-0.15, -0.1) is 5.10 Å². The van der Waals surface area contributed by atoms with E-state index in [2.05, 4.69) is 10.3 Å². The first-order chi connectivity index (χ1) is 7.81. The summed E-state index contributed by atoms with van der Waals surface area (Å²) in [6, 6.07) is 9.05. The van der Waals surface area contributed by atoms with Crippen LogP contribution >= 0.6 is 0 Å². The predicted octanol–water partition coefficient (Wildman–Crippen LogP) is 0.846. The summed E-state index contributed by atoms with van der Waals surface area (Å²) in [6.45, 7) is -0.0268. The molecule has 2 rings (SSSR count). The molecule has 1 aromatic heterocycles. The van der Waals surface area contributed by atoms with Gasteiger partial charge in [-0.25, -0.2) is 4.68 Å². The number of hydrogen-bond acceptors (Lipinski definition) is 5. The van der Waals surface area contributed by atoms with E-state index in [0.29, 0.717) is 0 Å². The van der Waals surface area contributed by atoms with Crippen molar-refractivity contribution in [2.75, 3.05) is 0 Å². The number of carbonyl (C=O) groups is 1. The Morgan fingerprint density at radius 1 is 1.50 bits per heavy atom. The summed E-state index contributed by atoms with van der Waals surface area (Å²) in [6.07, 6.45) is -0.257. The molecule has 0 bridgehead atoms. The van der Waals surface area contributed by atoms with Crippen LogP contribution in [0, 0.1) is 11.3 Å². The van der Waals surface area contributed by atoms with Gasteiger partial charge in [-0.2, -0.15) is 5.26 Å². The third kappa shape index (κ3) is 1.98. The summed E-state index contributed by atoms with van der Waals surface area (Å²) in [5, 5.41) is 16.0. The van der Waals surface area contributed by atoms with Gasteiger partial charge < -0.3 is 4.74 Å². The van der Waals surface area contributed by atoms with Crippen molar-refractivity contribution in [1.29, 1.82) is 5.26 Å². The van der Waals surface area contributed by atoms with Gasteiger partial charge >= 0.3 is 5.97 Å². The first-order valence-electron chi connectivity index (χ1n) is 4.62. The molecule has 0 aliphatic rings. The molecule has 0 aliphatic heterocycles. The van der Waals surface area contributed by atoms with E-state index in [1.807, 2.05) is 24.3 Å². The molecule has 0 spiro atoms. The van der Waals surface area contributed by atoms with Gasteiger partial charge in [0.2, 0.25) is 0 Å². The van der Waals surface area contributed by atoms with Crippen LogP contribution in [0.25, 0.3) is 11.0 Å². The smallest absolute Gasteiger partial charge is 0.321 e. The van der Waals surface area contributed by atoms with Gasteiger partial charge in [0.25, 0.3) is 0 Å². The number of hydrogen-bond donors (Lipinski definition) is 0. The number of rotatable bonds is 3. The Morgan fingerprint density at radius 3 is 3.12 bits per heavy atom. The zero-order chi connectivity index (χ0) is 11.4. The van der Waals surface area contributed by atoms with Crippen molar-refractivity contribution in [1.82, 2.24) is 15.0 Å². The molecule has 1 heterocycles. The molecule has 6 nitrogen and oxygen atoms in total. The molecule has 0 amide bonds. The molecule has 0 saturated heterocycles. The standard InChI is InChI=1S/C10H8N4O2/c11-6-5-10(15)16-7-14-9-4-2-1-3-8(9)12-13-14/h1-4H,5,7H2. The fourth-order valence-electron chi connectivity index (χ4n) is 1.26. The van der Waals surface area contributed by atoms with E-state index in [-0.39, 0.29) is 13.2 Å². The average molecular weight is 216 g/mol. The number of fused-ring (bicyclic) bond motifs is 1. The van der Waals surface area contributed by atoms with Crippen molar-refractivity contribution in [2.45, 2.75) is 13.2 Å². The van der Waals surface area contributed by atoms with Gasteiger partial charge in [-0.1, -0.05) is 17.3 Å². The van der Waals surface area contributed by atoms with Gasteiger partial charge in [0.1, 0.15) is 11.9 Å². The summed E-state index contributed by atoms with van der Waals surface area (Å²) in [7, 11) is 0. The Labute approximate surface area is 91.0 Å². The average Bonchev–Trinajstić information content (AvgIpc) is 2.70. The topological polar surface area (TPSA) is 80.8 Å². The highest BCUT2D eigenvalue weighted by Crippen LogP contribution is 2.09. The summed E-state index contributed by atoms with van der Waals surface area (Å²) in [5.74, 6) is -0.568. The lowest BCUT2D eigenvalue weighted by molar-refractivity contribution is -0.146. The quantitative estimate of drug-likeness (QED) is 0.710. The number of nitrogens with zero attached hydrogens (tertiary/aromatic N) is 4. The number of ether oxygens (including phenoxy) is 1. The second-order valence-corrected chi connectivity index (χ2v) is 3.06. The lowest BCUT2D eigenvalue weighted by Gasteiger charge is -2.02. The van der Waals surface area contributed by atoms with Crippen LogP contribution in [0.5, 0.6) is 0 Å². The zero-order valence-corrected chi connectivity index (χ0v) is 8.33. The van der Waals surface area contributed by atoms with Crippen LogP contribution in [-0.2, 0) is 16.3 Å². The van der Waals surface area contributed by atoms with Crippen LogP contribution < -0.4 is 0 Å². The fraction of sp³-hybridized carbons (Fsp3) is 0.200. The van der Waals surface area contributed by atoms with Crippen molar-refractivity contribution in [3.05, 3.63) is 24.3 Å². The number of para-hydroxylation sites is 1. The Morgan fingerprint density at radius 2 is 2.31 bits per heavy atom. The van der Waals surface area contributed by atoms with E-state index in [4.69, 9.17) is 10.00 Å². The Hall–Kier alpha value is -2.42. The van der Waals surface area contributed by atoms with Crippen molar-refractivity contribution in [3.8, 4) is 6.07 Å². The van der Waals surface area contributed by atoms with E-state index >= 15 is 0 Å². The van der Waals surface area contributed by atoms with Crippen LogP contribution in [0.3, 0.4) is 0 Å². The SMILES string of the molecule is N#CCC(=O)OCn1nnc2ccccc21. The van der Waals surface area contributed by atoms with Gasteiger partial charge in [-0.3, -0.25) is 4.79 Å². The lowest BCUT2D eigenvalue weighted by atomic mass is 10.3. The van der Waals surface area contributed by atoms with Crippen LogP contribution in [0.4, 0.5) is 0 Å². The number of nitriles is 1. The molecule has 16 heavy (non-hydrogen) atoms. The van der Waals surface area contributed by atoms with Crippen LogP contribution in [-0.4, -0.2) is 21.0 Å². The second kappa shape index (κ2) is 4.40. The van der Waals surface area contributed by atoms with E-state index in [0.717, 1.165) is 11.0 Å². The van der Waals surface area contributed by atoms with E-state index in [1.54, 1.807) is 6.07 Å². The van der Waals surface area contributed by atoms with E-state index in [9.17, 15) is 4.79 Å². The summed E-state index contributed by atoms with van der Waals surface area (Å²) in [5.41, 5.74) is 1.52. The minimum Gasteiger partial charge on any atom is -0.441 e. The highest BCUT2D eigenvalue weighted by molar-refractivity contribution is 5.74. The third-order valence-electron chi connectivity index (χ3n) is 1.99. The van der Waals surface area contributed by atoms with Crippen molar-refractivity contribution in [2.24, 2.45) is 0 Å². The Bertz CT molecular complexity index is 555. The summed E-state index contributed by atoms with van der Waals surface area (Å²) < 4.78 is 6.30. The number of carbonyl (C=O) groups excluding carboxylic acids is 1. The normalized spacial score (nSPS) is 9.94. The van der Waals surface area contributed by atoms with Gasteiger partial charge in [-0.05, 0) is 12.1 Å². The van der Waals surface area contributed by atoms with E-state index < -0.39 is 5.97 Å². The number of aromatic nitrogens is 3. The molecule has 0 saturated carbocycles. The minimum absolute atomic E-state index is 0.0268. The first kappa shape index (κ1) is 10.1. The Balaban J connectivity index is 2.11. The number of benzene rings is 1. The first-order valence-corrected chi connectivity index (χ1v) is 4.62. The monoisotopic (exact) mass is 216 g/mol. The van der Waals surface area contributed by atoms with Crippen molar-refractivity contribution >= 4 is 17.0 Å². The van der Waals surface area contributed by atoms with Crippen molar-refractivity contribution in [3.63, 3.8) is 0 Å². The number of esters is 1. The van der Waals surface area contributed by atoms with E-state index in [1.165, 1.54) is 4.68 Å². The lowest BCUT2D eigenvalue weighted by Crippen LogP contribution is -2.09. The van der Waals surface area contributed by atoms with Gasteiger partial charge in [0, 0.05) is 0 Å². The second-order valence-electron chi connectivity index (χ2n) is 3.06. The molecule has 0 atom stereocenters. The largest absolute Gasteiger partial charge is 0.441 e. The molecule has 0 aliphatic carbocycles. The highest BCUT2D eigenvalue weighted by atomic mass is 16.5. The maximum absolute atomic E-state index is 11.0. The maximum atomic E-state index is 11.0. The minimum atomic E-state index is -0.568. The third-order valence-corrected chi connectivity index (χ3v) is 1.99. The zero-order valence-electron chi connectivity index (χ0n) is 8.33. The molecule has 2 aromatic rings. The maximum Gasteiger partial charge on any atom is 0.321 e. The highest BCUT2D eigenvalue weighted by Gasteiger charge is 2.06. The molecule has 1 aromatic carbocycles. The molecule has 0 radical (unpaired) electrons. The van der Waals surface area contributed by atoms with Crippen molar-refractivity contribution < 1.29 is 9.53 Å². The van der Waals surface area contributed by atoms with Crippen LogP contribution in [0.15, 0.2) is 24.3 Å². The summed E-state index contributed by atoms with van der Waals surface area (Å²) >= 11 is 0. The van der Waals surface area contributed by atoms with Gasteiger partial charge in [0.05, 0.1) is 11.6 Å². The fourth-order valence-corrected chi connectivity index (χ4v) is 1.26. The molecular formula is C10H8N4O2. The van der Waals surface area contributed by atoms with Crippen LogP contribution in [0.2, 0.25) is 0 Å². The molecular weight excluding hydrogens is 208 g/mol. The predicted molar refractivity (Wildman–Crippen MR) is 53.9 cm³/mol. The summed E-state index contributed by atoms with van der Waals surface area (Å²) in [4.78, 5) is 11.0. The molecule has 0 N–H and O–H groups in total. The molecule has 0 fully saturated rings. The van der Waals surface area contributed by atoms with Gasteiger partial charge in [0.15, 0.2) is 6.73 Å². The molecule has 0 unspecified atom stereocenters. The molecule has 6 heteroatoms. The Kier molecular flexibility index (Phi) is 2.78. The van der Waals surface area contributed by atoms with Crippen LogP contribution in [0.1, 0.15) is 6.42 Å².